The summed E-state index contributed by atoms with van der Waals surface area (Å²) in [5.41, 5.74) is 3.97. The minimum Gasteiger partial charge on any atom is -0.253 e. The zero-order valence-electron chi connectivity index (χ0n) is 11.7. The smallest absolute Gasteiger partial charge is 0.133 e. The van der Waals surface area contributed by atoms with Crippen LogP contribution in [0.25, 0.3) is 22.2 Å². The van der Waals surface area contributed by atoms with Crippen molar-refractivity contribution < 1.29 is 0 Å². The van der Waals surface area contributed by atoms with Gasteiger partial charge in [-0.3, -0.25) is 4.98 Å². The Hall–Kier alpha value is -2.00. The van der Waals surface area contributed by atoms with Crippen molar-refractivity contribution in [1.29, 1.82) is 0 Å². The van der Waals surface area contributed by atoms with E-state index in [1.54, 1.807) is 0 Å². The molecule has 0 unspecified atom stereocenters. The van der Waals surface area contributed by atoms with E-state index in [2.05, 4.69) is 27.1 Å². The Morgan fingerprint density at radius 1 is 1.00 bits per heavy atom. The lowest BCUT2D eigenvalue weighted by molar-refractivity contribution is 0.931. The lowest BCUT2D eigenvalue weighted by atomic mass is 10.1. The van der Waals surface area contributed by atoms with Gasteiger partial charge in [0.1, 0.15) is 11.0 Å². The topological polar surface area (TPSA) is 38.7 Å². The number of pyridine rings is 1. The molecule has 1 aliphatic carbocycles. The van der Waals surface area contributed by atoms with Gasteiger partial charge in [-0.2, -0.15) is 0 Å². The molecule has 0 aliphatic heterocycles. The summed E-state index contributed by atoms with van der Waals surface area (Å²) in [4.78, 5) is 13.5. The Labute approximate surface area is 128 Å². The van der Waals surface area contributed by atoms with Gasteiger partial charge in [-0.05, 0) is 38.0 Å². The zero-order chi connectivity index (χ0) is 14.4. The maximum atomic E-state index is 6.15. The lowest BCUT2D eigenvalue weighted by Crippen LogP contribution is -1.95. The fourth-order valence-corrected chi connectivity index (χ4v) is 2.68. The van der Waals surface area contributed by atoms with Gasteiger partial charge in [0.05, 0.1) is 11.2 Å². The SMILES string of the molecule is Cc1ccc2cc(-c3cc(Cl)nc(C4CC4)n3)ccc2n1. The molecule has 3 nitrogen and oxygen atoms in total. The van der Waals surface area contributed by atoms with Crippen molar-refractivity contribution >= 4 is 22.5 Å². The second kappa shape index (κ2) is 4.78. The number of rotatable bonds is 2. The highest BCUT2D eigenvalue weighted by Crippen LogP contribution is 2.39. The Balaban J connectivity index is 1.83. The van der Waals surface area contributed by atoms with Crippen molar-refractivity contribution in [3.8, 4) is 11.3 Å². The number of aryl methyl sites for hydroxylation is 1. The molecule has 21 heavy (non-hydrogen) atoms. The van der Waals surface area contributed by atoms with Crippen molar-refractivity contribution in [2.24, 2.45) is 0 Å². The van der Waals surface area contributed by atoms with Crippen LogP contribution in [0.4, 0.5) is 0 Å². The van der Waals surface area contributed by atoms with Crippen LogP contribution in [0.3, 0.4) is 0 Å². The summed E-state index contributed by atoms with van der Waals surface area (Å²) in [6.07, 6.45) is 2.33. The molecular weight excluding hydrogens is 282 g/mol. The summed E-state index contributed by atoms with van der Waals surface area (Å²) >= 11 is 6.15. The predicted molar refractivity (Wildman–Crippen MR) is 84.5 cm³/mol. The van der Waals surface area contributed by atoms with Gasteiger partial charge in [0.2, 0.25) is 0 Å². The third-order valence-electron chi connectivity index (χ3n) is 3.78. The number of nitrogens with zero attached hydrogens (tertiary/aromatic N) is 3. The van der Waals surface area contributed by atoms with Gasteiger partial charge in [-0.1, -0.05) is 23.7 Å². The van der Waals surface area contributed by atoms with Crippen LogP contribution in [0.2, 0.25) is 5.15 Å². The molecule has 1 fully saturated rings. The molecule has 3 aromatic rings. The lowest BCUT2D eigenvalue weighted by Gasteiger charge is -2.06. The Morgan fingerprint density at radius 2 is 1.86 bits per heavy atom. The van der Waals surface area contributed by atoms with Crippen LogP contribution in [0.1, 0.15) is 30.3 Å². The molecule has 2 heterocycles. The third kappa shape index (κ3) is 2.49. The van der Waals surface area contributed by atoms with E-state index in [4.69, 9.17) is 11.6 Å². The normalized spacial score (nSPS) is 14.6. The van der Waals surface area contributed by atoms with Crippen LogP contribution >= 0.6 is 11.6 Å². The van der Waals surface area contributed by atoms with Crippen molar-refractivity contribution in [2.45, 2.75) is 25.7 Å². The summed E-state index contributed by atoms with van der Waals surface area (Å²) in [5, 5.41) is 1.63. The Morgan fingerprint density at radius 3 is 2.67 bits per heavy atom. The van der Waals surface area contributed by atoms with Gasteiger partial charge in [0.15, 0.2) is 0 Å². The molecule has 1 saturated carbocycles. The van der Waals surface area contributed by atoms with E-state index in [1.807, 2.05) is 31.2 Å². The number of hydrogen-bond acceptors (Lipinski definition) is 3. The average molecular weight is 296 g/mol. The molecule has 1 aromatic carbocycles. The maximum Gasteiger partial charge on any atom is 0.133 e. The molecule has 0 spiro atoms. The maximum absolute atomic E-state index is 6.15. The number of hydrogen-bond donors (Lipinski definition) is 0. The molecule has 2 aromatic heterocycles. The van der Waals surface area contributed by atoms with Gasteiger partial charge in [-0.15, -0.1) is 0 Å². The van der Waals surface area contributed by atoms with Crippen LogP contribution < -0.4 is 0 Å². The molecule has 0 N–H and O–H groups in total. The minimum absolute atomic E-state index is 0.493. The highest BCUT2D eigenvalue weighted by atomic mass is 35.5. The second-order valence-corrected chi connectivity index (χ2v) is 5.96. The molecule has 0 atom stereocenters. The van der Waals surface area contributed by atoms with E-state index < -0.39 is 0 Å². The van der Waals surface area contributed by atoms with Crippen molar-refractivity contribution in [3.63, 3.8) is 0 Å². The standard InChI is InChI=1S/C17H14ClN3/c1-10-2-3-12-8-13(6-7-14(12)19-10)15-9-16(18)21-17(20-15)11-4-5-11/h2-3,6-9,11H,4-5H2,1H3. The first-order chi connectivity index (χ1) is 10.2. The zero-order valence-corrected chi connectivity index (χ0v) is 12.4. The van der Waals surface area contributed by atoms with Crippen molar-refractivity contribution in [1.82, 2.24) is 15.0 Å². The highest BCUT2D eigenvalue weighted by Gasteiger charge is 2.27. The van der Waals surface area contributed by atoms with Gasteiger partial charge in [-0.25, -0.2) is 9.97 Å². The number of fused-ring (bicyclic) bond motifs is 1. The van der Waals surface area contributed by atoms with E-state index in [0.29, 0.717) is 11.1 Å². The van der Waals surface area contributed by atoms with E-state index in [9.17, 15) is 0 Å². The van der Waals surface area contributed by atoms with Gasteiger partial charge < -0.3 is 0 Å². The molecule has 1 aliphatic rings. The quantitative estimate of drug-likeness (QED) is 0.652. The van der Waals surface area contributed by atoms with Crippen LogP contribution in [0, 0.1) is 6.92 Å². The fraction of sp³-hybridized carbons (Fsp3) is 0.235. The van der Waals surface area contributed by atoms with Crippen molar-refractivity contribution in [2.75, 3.05) is 0 Å². The number of aromatic nitrogens is 3. The molecule has 4 rings (SSSR count). The molecule has 0 amide bonds. The van der Waals surface area contributed by atoms with E-state index in [1.165, 1.54) is 12.8 Å². The van der Waals surface area contributed by atoms with Crippen LogP contribution in [-0.2, 0) is 0 Å². The fourth-order valence-electron chi connectivity index (χ4n) is 2.49. The summed E-state index contributed by atoms with van der Waals surface area (Å²) < 4.78 is 0. The van der Waals surface area contributed by atoms with Crippen LogP contribution in [0.5, 0.6) is 0 Å². The molecule has 0 bridgehead atoms. The van der Waals surface area contributed by atoms with Gasteiger partial charge >= 0.3 is 0 Å². The van der Waals surface area contributed by atoms with Crippen molar-refractivity contribution in [3.05, 3.63) is 53.1 Å². The first kappa shape index (κ1) is 12.7. The first-order valence-corrected chi connectivity index (χ1v) is 7.49. The average Bonchev–Trinajstić information content (AvgIpc) is 3.30. The van der Waals surface area contributed by atoms with E-state index in [-0.39, 0.29) is 0 Å². The number of benzene rings is 1. The molecular formula is C17H14ClN3. The van der Waals surface area contributed by atoms with E-state index in [0.717, 1.165) is 33.7 Å². The minimum atomic E-state index is 0.493. The summed E-state index contributed by atoms with van der Waals surface area (Å²) in [7, 11) is 0. The molecule has 0 saturated heterocycles. The summed E-state index contributed by atoms with van der Waals surface area (Å²) in [6.45, 7) is 2.00. The van der Waals surface area contributed by atoms with Gasteiger partial charge in [0.25, 0.3) is 0 Å². The highest BCUT2D eigenvalue weighted by molar-refractivity contribution is 6.29. The second-order valence-electron chi connectivity index (χ2n) is 5.57. The third-order valence-corrected chi connectivity index (χ3v) is 3.97. The Kier molecular flexibility index (Phi) is 2.89. The van der Waals surface area contributed by atoms with E-state index >= 15 is 0 Å². The van der Waals surface area contributed by atoms with Gasteiger partial charge in [0, 0.05) is 28.6 Å². The molecule has 0 radical (unpaired) electrons. The van der Waals surface area contributed by atoms with Crippen LogP contribution in [-0.4, -0.2) is 15.0 Å². The monoisotopic (exact) mass is 295 g/mol. The largest absolute Gasteiger partial charge is 0.253 e. The molecule has 4 heteroatoms. The Bertz CT molecular complexity index is 841. The summed E-state index contributed by atoms with van der Waals surface area (Å²) in [6, 6.07) is 12.1. The first-order valence-electron chi connectivity index (χ1n) is 7.11. The number of halogens is 1. The molecule has 104 valence electrons. The summed E-state index contributed by atoms with van der Waals surface area (Å²) in [5.74, 6) is 1.37. The predicted octanol–water partition coefficient (Wildman–Crippen LogP) is 4.53. The van der Waals surface area contributed by atoms with Crippen LogP contribution in [0.15, 0.2) is 36.4 Å².